The molecule has 3 rings (SSSR count). The van der Waals surface area contributed by atoms with E-state index in [2.05, 4.69) is 15.8 Å². The largest absolute Gasteiger partial charge is 0.338 e. The topological polar surface area (TPSA) is 57.3 Å². The Morgan fingerprint density at radius 3 is 2.71 bits per heavy atom. The Labute approximate surface area is 140 Å². The molecular formula is C18H21FN4O. The second-order valence-electron chi connectivity index (χ2n) is 6.09. The molecule has 1 aliphatic rings. The van der Waals surface area contributed by atoms with Crippen LogP contribution in [0.25, 0.3) is 0 Å². The maximum atomic E-state index is 13.0. The van der Waals surface area contributed by atoms with Crippen molar-refractivity contribution in [3.05, 3.63) is 65.7 Å². The fraction of sp³-hybridized carbons (Fsp3) is 0.333. The highest BCUT2D eigenvalue weighted by Crippen LogP contribution is 2.25. The summed E-state index contributed by atoms with van der Waals surface area (Å²) in [5.41, 5.74) is 8.14. The first-order valence-electron chi connectivity index (χ1n) is 7.99. The van der Waals surface area contributed by atoms with Crippen LogP contribution in [0.5, 0.6) is 0 Å². The summed E-state index contributed by atoms with van der Waals surface area (Å²) in [5.74, 6) is -0.245. The van der Waals surface area contributed by atoms with Gasteiger partial charge in [0.05, 0.1) is 6.04 Å². The van der Waals surface area contributed by atoms with Gasteiger partial charge >= 0.3 is 0 Å². The van der Waals surface area contributed by atoms with E-state index < -0.39 is 0 Å². The van der Waals surface area contributed by atoms with Crippen LogP contribution >= 0.6 is 0 Å². The van der Waals surface area contributed by atoms with Crippen LogP contribution < -0.4 is 10.9 Å². The Balaban J connectivity index is 1.64. The monoisotopic (exact) mass is 328 g/mol. The lowest BCUT2D eigenvalue weighted by molar-refractivity contribution is -0.133. The Hall–Kier alpha value is -2.31. The molecule has 126 valence electrons. The summed E-state index contributed by atoms with van der Waals surface area (Å²) in [6.07, 6.45) is 4.11. The molecule has 1 aromatic heterocycles. The first-order valence-corrected chi connectivity index (χ1v) is 7.99. The van der Waals surface area contributed by atoms with Gasteiger partial charge in [-0.25, -0.2) is 15.2 Å². The van der Waals surface area contributed by atoms with Crippen LogP contribution in [0.4, 0.5) is 4.39 Å². The molecule has 3 atom stereocenters. The van der Waals surface area contributed by atoms with Crippen molar-refractivity contribution >= 4 is 5.91 Å². The van der Waals surface area contributed by atoms with Crippen LogP contribution in [0.3, 0.4) is 0 Å². The van der Waals surface area contributed by atoms with Gasteiger partial charge in [0.15, 0.2) is 0 Å². The molecular weight excluding hydrogens is 307 g/mol. The molecule has 3 unspecified atom stereocenters. The quantitative estimate of drug-likeness (QED) is 0.904. The Kier molecular flexibility index (Phi) is 4.87. The number of carbonyl (C=O) groups excluding carboxylic acids is 1. The number of likely N-dealkylation sites (N-methyl/N-ethyl adjacent to an activating group) is 1. The molecule has 1 amide bonds. The fourth-order valence-electron chi connectivity index (χ4n) is 2.92. The summed E-state index contributed by atoms with van der Waals surface area (Å²) >= 11 is 0. The molecule has 6 heteroatoms. The van der Waals surface area contributed by atoms with Gasteiger partial charge in [-0.2, -0.15) is 0 Å². The molecule has 1 aromatic carbocycles. The normalized spacial score (nSPS) is 21.5. The van der Waals surface area contributed by atoms with Gasteiger partial charge in [-0.15, -0.1) is 0 Å². The average molecular weight is 328 g/mol. The van der Waals surface area contributed by atoms with Gasteiger partial charge in [0.2, 0.25) is 5.91 Å². The number of aromatic nitrogens is 1. The molecule has 24 heavy (non-hydrogen) atoms. The number of nitrogens with zero attached hydrogens (tertiary/aromatic N) is 2. The SMILES string of the molecule is CC(c1cccnc1)N(C)C(=O)C1CC(c2ccc(F)cc2)NN1. The van der Waals surface area contributed by atoms with Gasteiger partial charge < -0.3 is 4.90 Å². The predicted octanol–water partition coefficient (Wildman–Crippen LogP) is 2.35. The first-order chi connectivity index (χ1) is 11.6. The maximum Gasteiger partial charge on any atom is 0.241 e. The third-order valence-electron chi connectivity index (χ3n) is 4.57. The number of pyridine rings is 1. The van der Waals surface area contributed by atoms with Crippen LogP contribution in [0, 0.1) is 5.82 Å². The van der Waals surface area contributed by atoms with Gasteiger partial charge in [0.1, 0.15) is 11.9 Å². The van der Waals surface area contributed by atoms with E-state index in [-0.39, 0.29) is 29.8 Å². The van der Waals surface area contributed by atoms with E-state index in [0.717, 1.165) is 11.1 Å². The zero-order valence-corrected chi connectivity index (χ0v) is 13.7. The fourth-order valence-corrected chi connectivity index (χ4v) is 2.92. The number of halogens is 1. The molecule has 2 N–H and O–H groups in total. The molecule has 0 radical (unpaired) electrons. The van der Waals surface area contributed by atoms with Gasteiger partial charge in [0.25, 0.3) is 0 Å². The molecule has 0 saturated carbocycles. The number of nitrogens with one attached hydrogen (secondary N) is 2. The minimum Gasteiger partial charge on any atom is -0.338 e. The summed E-state index contributed by atoms with van der Waals surface area (Å²) in [6.45, 7) is 1.98. The average Bonchev–Trinajstić information content (AvgIpc) is 3.11. The lowest BCUT2D eigenvalue weighted by atomic mass is 10.0. The van der Waals surface area contributed by atoms with Gasteiger partial charge in [-0.3, -0.25) is 9.78 Å². The van der Waals surface area contributed by atoms with Crippen molar-refractivity contribution in [3.63, 3.8) is 0 Å². The van der Waals surface area contributed by atoms with Crippen molar-refractivity contribution in [2.45, 2.75) is 31.5 Å². The van der Waals surface area contributed by atoms with E-state index in [1.54, 1.807) is 36.5 Å². The van der Waals surface area contributed by atoms with Crippen LogP contribution in [-0.2, 0) is 4.79 Å². The molecule has 1 fully saturated rings. The minimum atomic E-state index is -0.316. The molecule has 2 aromatic rings. The highest BCUT2D eigenvalue weighted by Gasteiger charge is 2.33. The van der Waals surface area contributed by atoms with Crippen molar-refractivity contribution < 1.29 is 9.18 Å². The number of rotatable bonds is 4. The Morgan fingerprint density at radius 2 is 2.04 bits per heavy atom. The standard InChI is InChI=1S/C18H21FN4O/c1-12(14-4-3-9-20-11-14)23(2)18(24)17-10-16(21-22-17)13-5-7-15(19)8-6-13/h3-9,11-12,16-17,21-22H,10H2,1-2H3. The third-order valence-corrected chi connectivity index (χ3v) is 4.57. The Bertz CT molecular complexity index is 692. The zero-order valence-electron chi connectivity index (χ0n) is 13.7. The van der Waals surface area contributed by atoms with Crippen LogP contribution in [0.15, 0.2) is 48.8 Å². The van der Waals surface area contributed by atoms with Crippen molar-refractivity contribution in [2.75, 3.05) is 7.05 Å². The van der Waals surface area contributed by atoms with Crippen LogP contribution in [0.2, 0.25) is 0 Å². The number of hydrazine groups is 1. The Morgan fingerprint density at radius 1 is 1.29 bits per heavy atom. The number of amides is 1. The maximum absolute atomic E-state index is 13.0. The number of hydrogen-bond donors (Lipinski definition) is 2. The summed E-state index contributed by atoms with van der Waals surface area (Å²) in [6, 6.07) is 9.79. The number of carbonyl (C=O) groups is 1. The number of hydrogen-bond acceptors (Lipinski definition) is 4. The number of benzene rings is 1. The summed E-state index contributed by atoms with van der Waals surface area (Å²) < 4.78 is 13.0. The molecule has 0 aliphatic carbocycles. The summed E-state index contributed by atoms with van der Waals surface area (Å²) in [4.78, 5) is 18.6. The van der Waals surface area contributed by atoms with E-state index in [1.807, 2.05) is 19.1 Å². The van der Waals surface area contributed by atoms with E-state index in [1.165, 1.54) is 12.1 Å². The third kappa shape index (κ3) is 3.44. The van der Waals surface area contributed by atoms with Gasteiger partial charge in [-0.05, 0) is 42.7 Å². The molecule has 0 spiro atoms. The molecule has 1 saturated heterocycles. The molecule has 0 bridgehead atoms. The first kappa shape index (κ1) is 16.5. The summed E-state index contributed by atoms with van der Waals surface area (Å²) in [7, 11) is 1.80. The van der Waals surface area contributed by atoms with E-state index in [4.69, 9.17) is 0 Å². The second kappa shape index (κ2) is 7.07. The summed E-state index contributed by atoms with van der Waals surface area (Å²) in [5, 5.41) is 0. The van der Waals surface area contributed by atoms with Crippen LogP contribution in [-0.4, -0.2) is 28.9 Å². The van der Waals surface area contributed by atoms with Gasteiger partial charge in [-0.1, -0.05) is 18.2 Å². The zero-order chi connectivity index (χ0) is 17.1. The van der Waals surface area contributed by atoms with Crippen molar-refractivity contribution in [1.82, 2.24) is 20.7 Å². The van der Waals surface area contributed by atoms with Gasteiger partial charge in [0, 0.05) is 25.5 Å². The highest BCUT2D eigenvalue weighted by atomic mass is 19.1. The predicted molar refractivity (Wildman–Crippen MR) is 89.2 cm³/mol. The van der Waals surface area contributed by atoms with E-state index >= 15 is 0 Å². The minimum absolute atomic E-state index is 0.0124. The van der Waals surface area contributed by atoms with E-state index in [0.29, 0.717) is 6.42 Å². The molecule has 1 aliphatic heterocycles. The van der Waals surface area contributed by atoms with E-state index in [9.17, 15) is 9.18 Å². The van der Waals surface area contributed by atoms with Crippen molar-refractivity contribution in [1.29, 1.82) is 0 Å². The smallest absolute Gasteiger partial charge is 0.241 e. The highest BCUT2D eigenvalue weighted by molar-refractivity contribution is 5.82. The van der Waals surface area contributed by atoms with Crippen molar-refractivity contribution in [2.24, 2.45) is 0 Å². The van der Waals surface area contributed by atoms with Crippen molar-refractivity contribution in [3.8, 4) is 0 Å². The lowest BCUT2D eigenvalue weighted by Gasteiger charge is -2.27. The molecule has 5 nitrogen and oxygen atoms in total. The molecule has 2 heterocycles. The van der Waals surface area contributed by atoms with Crippen LogP contribution in [0.1, 0.15) is 36.6 Å². The second-order valence-corrected chi connectivity index (χ2v) is 6.09. The lowest BCUT2D eigenvalue weighted by Crippen LogP contribution is -2.44.